The van der Waals surface area contributed by atoms with Gasteiger partial charge in [-0.2, -0.15) is 0 Å². The summed E-state index contributed by atoms with van der Waals surface area (Å²) in [4.78, 5) is 11.4. The molecule has 0 bridgehead atoms. The van der Waals surface area contributed by atoms with Gasteiger partial charge < -0.3 is 10.2 Å². The van der Waals surface area contributed by atoms with Crippen molar-refractivity contribution in [2.75, 3.05) is 0 Å². The van der Waals surface area contributed by atoms with E-state index in [1.165, 1.54) is 6.07 Å². The topological polar surface area (TPSA) is 57.5 Å². The molecular weight excluding hydrogens is 247 g/mol. The Balaban J connectivity index is 2.66. The number of hydrogen-bond acceptors (Lipinski definition) is 2. The van der Waals surface area contributed by atoms with E-state index in [4.69, 9.17) is 11.6 Å². The molecule has 0 amide bonds. The van der Waals surface area contributed by atoms with Crippen LogP contribution in [0.15, 0.2) is 12.1 Å². The average Bonchev–Trinajstić information content (AvgIpc) is 2.74. The van der Waals surface area contributed by atoms with E-state index in [0.29, 0.717) is 25.7 Å². The fraction of sp³-hybridized carbons (Fsp3) is 0.417. The second-order valence-electron chi connectivity index (χ2n) is 4.35. The van der Waals surface area contributed by atoms with Gasteiger partial charge in [-0.05, 0) is 25.0 Å². The first kappa shape index (κ1) is 12.2. The van der Waals surface area contributed by atoms with Crippen LogP contribution in [0.25, 0.3) is 0 Å². The second kappa shape index (κ2) is 4.18. The van der Waals surface area contributed by atoms with Gasteiger partial charge in [0.25, 0.3) is 0 Å². The number of halogens is 2. The molecule has 1 aromatic carbocycles. The Morgan fingerprint density at radius 1 is 1.35 bits per heavy atom. The lowest BCUT2D eigenvalue weighted by atomic mass is 9.78. The third-order valence-corrected chi connectivity index (χ3v) is 3.73. The van der Waals surface area contributed by atoms with Gasteiger partial charge in [0.15, 0.2) is 0 Å². The van der Waals surface area contributed by atoms with Crippen molar-refractivity contribution in [2.24, 2.45) is 0 Å². The molecule has 2 rings (SSSR count). The van der Waals surface area contributed by atoms with Gasteiger partial charge in [0, 0.05) is 5.56 Å². The summed E-state index contributed by atoms with van der Waals surface area (Å²) in [5.74, 6) is -2.27. The van der Waals surface area contributed by atoms with Crippen LogP contribution in [0.2, 0.25) is 5.02 Å². The van der Waals surface area contributed by atoms with Crippen LogP contribution in [0, 0.1) is 5.82 Å². The van der Waals surface area contributed by atoms with Gasteiger partial charge in [0.2, 0.25) is 0 Å². The van der Waals surface area contributed by atoms with Crippen molar-refractivity contribution in [2.45, 2.75) is 31.1 Å². The molecule has 0 aliphatic heterocycles. The molecule has 0 saturated heterocycles. The zero-order valence-electron chi connectivity index (χ0n) is 9.04. The summed E-state index contributed by atoms with van der Waals surface area (Å²) in [6.07, 6.45) is 2.07. The summed E-state index contributed by atoms with van der Waals surface area (Å²) in [6.45, 7) is 0. The van der Waals surface area contributed by atoms with Crippen molar-refractivity contribution in [3.63, 3.8) is 0 Å². The van der Waals surface area contributed by atoms with Gasteiger partial charge in [-0.25, -0.2) is 4.39 Å². The van der Waals surface area contributed by atoms with Crippen LogP contribution in [0.4, 0.5) is 4.39 Å². The van der Waals surface area contributed by atoms with Gasteiger partial charge in [0.05, 0.1) is 10.4 Å². The van der Waals surface area contributed by atoms with Gasteiger partial charge in [0.1, 0.15) is 11.6 Å². The summed E-state index contributed by atoms with van der Waals surface area (Å²) in [6, 6.07) is 2.32. The minimum atomic E-state index is -1.33. The smallest absolute Gasteiger partial charge is 0.314 e. The number of carbonyl (C=O) groups is 1. The largest absolute Gasteiger partial charge is 0.506 e. The average molecular weight is 259 g/mol. The Kier molecular flexibility index (Phi) is 3.00. The molecule has 17 heavy (non-hydrogen) atoms. The van der Waals surface area contributed by atoms with Crippen molar-refractivity contribution in [1.29, 1.82) is 0 Å². The first-order chi connectivity index (χ1) is 7.99. The number of hydrogen-bond donors (Lipinski definition) is 2. The molecule has 3 nitrogen and oxygen atoms in total. The standard InChI is InChI=1S/C12H12ClFO3/c13-7-3-4-8(14)9(10(7)15)12(11(16)17)5-1-2-6-12/h3-4,15H,1-2,5-6H2,(H,16,17). The molecule has 1 aromatic rings. The van der Waals surface area contributed by atoms with Crippen molar-refractivity contribution in [3.8, 4) is 5.75 Å². The van der Waals surface area contributed by atoms with Crippen LogP contribution in [-0.4, -0.2) is 16.2 Å². The van der Waals surface area contributed by atoms with Crippen LogP contribution < -0.4 is 0 Å². The summed E-state index contributed by atoms with van der Waals surface area (Å²) in [5, 5.41) is 19.1. The number of aromatic hydroxyl groups is 1. The van der Waals surface area contributed by atoms with Gasteiger partial charge >= 0.3 is 5.97 Å². The van der Waals surface area contributed by atoms with E-state index >= 15 is 0 Å². The Bertz CT molecular complexity index is 467. The van der Waals surface area contributed by atoms with Gasteiger partial charge in [-0.15, -0.1) is 0 Å². The second-order valence-corrected chi connectivity index (χ2v) is 4.75. The zero-order chi connectivity index (χ0) is 12.6. The molecule has 0 radical (unpaired) electrons. The zero-order valence-corrected chi connectivity index (χ0v) is 9.80. The van der Waals surface area contributed by atoms with Crippen molar-refractivity contribution < 1.29 is 19.4 Å². The monoisotopic (exact) mass is 258 g/mol. The highest BCUT2D eigenvalue weighted by Crippen LogP contribution is 2.47. The normalized spacial score (nSPS) is 18.2. The van der Waals surface area contributed by atoms with Crippen LogP contribution in [-0.2, 0) is 10.2 Å². The maximum absolute atomic E-state index is 13.8. The van der Waals surface area contributed by atoms with E-state index in [2.05, 4.69) is 0 Å². The van der Waals surface area contributed by atoms with E-state index in [1.54, 1.807) is 0 Å². The number of phenolic OH excluding ortho intramolecular Hbond substituents is 1. The van der Waals surface area contributed by atoms with E-state index in [0.717, 1.165) is 6.07 Å². The highest BCUT2D eigenvalue weighted by molar-refractivity contribution is 6.32. The third kappa shape index (κ3) is 1.76. The molecule has 1 saturated carbocycles. The van der Waals surface area contributed by atoms with Gasteiger partial charge in [-0.3, -0.25) is 4.79 Å². The minimum Gasteiger partial charge on any atom is -0.506 e. The molecule has 1 aliphatic rings. The molecule has 0 aromatic heterocycles. The predicted molar refractivity (Wildman–Crippen MR) is 60.9 cm³/mol. The molecule has 92 valence electrons. The van der Waals surface area contributed by atoms with Crippen molar-refractivity contribution in [3.05, 3.63) is 28.5 Å². The number of carboxylic acids is 1. The maximum atomic E-state index is 13.8. The summed E-state index contributed by atoms with van der Waals surface area (Å²) < 4.78 is 13.8. The molecule has 2 N–H and O–H groups in total. The number of carboxylic acid groups (broad SMARTS) is 1. The third-order valence-electron chi connectivity index (χ3n) is 3.42. The first-order valence-corrected chi connectivity index (χ1v) is 5.78. The predicted octanol–water partition coefficient (Wildman–Crippen LogP) is 3.08. The quantitative estimate of drug-likeness (QED) is 0.857. The maximum Gasteiger partial charge on any atom is 0.314 e. The lowest BCUT2D eigenvalue weighted by Crippen LogP contribution is -2.33. The molecule has 1 fully saturated rings. The van der Waals surface area contributed by atoms with Crippen LogP contribution in [0.5, 0.6) is 5.75 Å². The molecule has 1 aliphatic carbocycles. The molecular formula is C12H12ClFO3. The number of aliphatic carboxylic acids is 1. The van der Waals surface area contributed by atoms with Crippen molar-refractivity contribution in [1.82, 2.24) is 0 Å². The fourth-order valence-electron chi connectivity index (χ4n) is 2.55. The fourth-order valence-corrected chi connectivity index (χ4v) is 2.70. The van der Waals surface area contributed by atoms with Crippen molar-refractivity contribution >= 4 is 17.6 Å². The Labute approximate surface area is 103 Å². The molecule has 0 unspecified atom stereocenters. The SMILES string of the molecule is O=C(O)C1(c2c(F)ccc(Cl)c2O)CCCC1. The lowest BCUT2D eigenvalue weighted by Gasteiger charge is -2.26. The summed E-state index contributed by atoms with van der Waals surface area (Å²) in [7, 11) is 0. The highest BCUT2D eigenvalue weighted by Gasteiger charge is 2.46. The number of phenols is 1. The first-order valence-electron chi connectivity index (χ1n) is 5.40. The molecule has 0 spiro atoms. The summed E-state index contributed by atoms with van der Waals surface area (Å²) in [5.41, 5.74) is -1.51. The minimum absolute atomic E-state index is 0.0195. The summed E-state index contributed by atoms with van der Waals surface area (Å²) >= 11 is 5.72. The number of benzene rings is 1. The molecule has 0 heterocycles. The van der Waals surface area contributed by atoms with E-state index in [-0.39, 0.29) is 10.6 Å². The van der Waals surface area contributed by atoms with Crippen LogP contribution in [0.1, 0.15) is 31.2 Å². The molecule has 5 heteroatoms. The van der Waals surface area contributed by atoms with Gasteiger partial charge in [-0.1, -0.05) is 24.4 Å². The van der Waals surface area contributed by atoms with E-state index in [1.807, 2.05) is 0 Å². The van der Waals surface area contributed by atoms with E-state index in [9.17, 15) is 19.4 Å². The number of rotatable bonds is 2. The Hall–Kier alpha value is -1.29. The highest BCUT2D eigenvalue weighted by atomic mass is 35.5. The lowest BCUT2D eigenvalue weighted by molar-refractivity contribution is -0.143. The molecule has 0 atom stereocenters. The van der Waals surface area contributed by atoms with Crippen LogP contribution >= 0.6 is 11.6 Å². The Morgan fingerprint density at radius 2 is 1.94 bits per heavy atom. The Morgan fingerprint density at radius 3 is 2.47 bits per heavy atom. The van der Waals surface area contributed by atoms with E-state index < -0.39 is 23.0 Å². The van der Waals surface area contributed by atoms with Crippen LogP contribution in [0.3, 0.4) is 0 Å².